The van der Waals surface area contributed by atoms with E-state index in [4.69, 9.17) is 37.9 Å². The van der Waals surface area contributed by atoms with Crippen LogP contribution in [0.2, 0.25) is 0 Å². The lowest BCUT2D eigenvalue weighted by Crippen LogP contribution is -2.48. The summed E-state index contributed by atoms with van der Waals surface area (Å²) in [6, 6.07) is 49.6. The van der Waals surface area contributed by atoms with E-state index in [9.17, 15) is 5.11 Å². The lowest BCUT2D eigenvalue weighted by molar-refractivity contribution is -0.223. The Kier molecular flexibility index (Phi) is 17.3. The van der Waals surface area contributed by atoms with E-state index < -0.39 is 42.9 Å². The molecule has 0 bridgehead atoms. The minimum atomic E-state index is -1.01. The fourth-order valence-corrected chi connectivity index (χ4v) is 6.47. The van der Waals surface area contributed by atoms with Gasteiger partial charge < -0.3 is 43.0 Å². The summed E-state index contributed by atoms with van der Waals surface area (Å²) in [7, 11) is 0. The molecule has 300 valence electrons. The monoisotopic (exact) mass is 774 g/mol. The van der Waals surface area contributed by atoms with Crippen LogP contribution in [-0.4, -0.2) is 67.8 Å². The smallest absolute Gasteiger partial charge is 0.187 e. The van der Waals surface area contributed by atoms with Gasteiger partial charge in [-0.3, -0.25) is 0 Å². The number of ether oxygens (including phenoxy) is 8. The van der Waals surface area contributed by atoms with E-state index in [-0.39, 0.29) is 26.4 Å². The van der Waals surface area contributed by atoms with Crippen molar-refractivity contribution in [3.63, 3.8) is 0 Å². The number of allylic oxidation sites excluding steroid dienone is 1. The first-order chi connectivity index (χ1) is 28.2. The summed E-state index contributed by atoms with van der Waals surface area (Å²) >= 11 is 0. The van der Waals surface area contributed by atoms with E-state index in [1.165, 1.54) is 0 Å². The fourth-order valence-electron chi connectivity index (χ4n) is 6.47. The van der Waals surface area contributed by atoms with Crippen LogP contribution < -0.4 is 0 Å². The van der Waals surface area contributed by atoms with Gasteiger partial charge in [-0.15, -0.1) is 0 Å². The molecule has 1 heterocycles. The van der Waals surface area contributed by atoms with Gasteiger partial charge in [0.25, 0.3) is 0 Å². The molecule has 1 saturated heterocycles. The molecule has 9 nitrogen and oxygen atoms in total. The summed E-state index contributed by atoms with van der Waals surface area (Å²) in [5, 5.41) is 11.6. The van der Waals surface area contributed by atoms with Gasteiger partial charge in [-0.05, 0) is 34.7 Å². The molecule has 57 heavy (non-hydrogen) atoms. The number of hydrogen-bond donors (Lipinski definition) is 1. The molecular weight excluding hydrogens is 721 g/mol. The zero-order chi connectivity index (χ0) is 39.3. The predicted molar refractivity (Wildman–Crippen MR) is 218 cm³/mol. The van der Waals surface area contributed by atoms with Gasteiger partial charge in [-0.25, -0.2) is 0 Å². The number of rotatable bonds is 24. The van der Waals surface area contributed by atoms with E-state index >= 15 is 0 Å². The van der Waals surface area contributed by atoms with E-state index in [1.807, 2.05) is 165 Å². The van der Waals surface area contributed by atoms with Crippen molar-refractivity contribution in [2.75, 3.05) is 19.8 Å². The molecule has 5 aromatic rings. The molecule has 5 aromatic carbocycles. The SMILES string of the molecule is C/C=C/OC[C@@H](OCc1ccccc1)[C@@H](OCc1ccccc1)[C@H](CO[C@@H]1O[C@H](COCc2ccccc2)[C@@H](O)[C@H]1OCc1ccccc1)OCc1ccccc1. The van der Waals surface area contributed by atoms with Gasteiger partial charge in [0.15, 0.2) is 6.29 Å². The highest BCUT2D eigenvalue weighted by Crippen LogP contribution is 2.28. The van der Waals surface area contributed by atoms with Crippen LogP contribution in [0.1, 0.15) is 34.7 Å². The summed E-state index contributed by atoms with van der Waals surface area (Å²) in [5.74, 6) is 0. The number of aliphatic hydroxyl groups is 1. The quantitative estimate of drug-likeness (QED) is 0.0623. The van der Waals surface area contributed by atoms with Gasteiger partial charge in [0.1, 0.15) is 43.2 Å². The van der Waals surface area contributed by atoms with E-state index in [0.29, 0.717) is 26.4 Å². The highest BCUT2D eigenvalue weighted by atomic mass is 16.7. The standard InChI is InChI=1S/C48H54O9/c1-2-28-50-35-43(52-30-38-20-10-4-11-21-38)46(54-32-40-24-14-6-15-25-40)44(53-31-39-22-12-5-13-23-39)36-56-48-47(55-33-41-26-16-7-17-27-41)45(49)42(57-48)34-51-29-37-18-8-3-9-19-37/h2-28,42-49H,29-36H2,1H3/b28-2+/t42-,43-,44+,45-,46-,47-,48-/m1/s1. The summed E-state index contributed by atoms with van der Waals surface area (Å²) < 4.78 is 51.5. The van der Waals surface area contributed by atoms with Gasteiger partial charge in [0.05, 0.1) is 52.5 Å². The molecule has 1 fully saturated rings. The molecule has 6 rings (SSSR count). The summed E-state index contributed by atoms with van der Waals surface area (Å²) in [6.07, 6.45) is -1.88. The van der Waals surface area contributed by atoms with Gasteiger partial charge in [-0.2, -0.15) is 0 Å². The zero-order valence-corrected chi connectivity index (χ0v) is 32.5. The molecule has 7 atom stereocenters. The molecular formula is C48H54O9. The first-order valence-electron chi connectivity index (χ1n) is 19.6. The maximum atomic E-state index is 11.6. The Balaban J connectivity index is 1.24. The Hall–Kier alpha value is -4.68. The molecule has 1 aliphatic rings. The van der Waals surface area contributed by atoms with E-state index in [2.05, 4.69) is 0 Å². The average Bonchev–Trinajstić information content (AvgIpc) is 3.56. The molecule has 1 N–H and O–H groups in total. The third-order valence-electron chi connectivity index (χ3n) is 9.52. The fraction of sp³-hybridized carbons (Fsp3) is 0.333. The van der Waals surface area contributed by atoms with Gasteiger partial charge >= 0.3 is 0 Å². The van der Waals surface area contributed by atoms with Crippen molar-refractivity contribution in [1.82, 2.24) is 0 Å². The summed E-state index contributed by atoms with van der Waals surface area (Å²) in [6.45, 7) is 3.84. The molecule has 0 aromatic heterocycles. The average molecular weight is 775 g/mol. The number of benzene rings is 5. The largest absolute Gasteiger partial charge is 0.499 e. The van der Waals surface area contributed by atoms with Crippen LogP contribution >= 0.6 is 0 Å². The Morgan fingerprint density at radius 1 is 0.544 bits per heavy atom. The summed E-state index contributed by atoms with van der Waals surface area (Å²) in [4.78, 5) is 0. The van der Waals surface area contributed by atoms with Crippen molar-refractivity contribution in [3.05, 3.63) is 192 Å². The minimum absolute atomic E-state index is 0.0290. The third-order valence-corrected chi connectivity index (χ3v) is 9.52. The molecule has 0 radical (unpaired) electrons. The van der Waals surface area contributed by atoms with Crippen LogP contribution in [0.5, 0.6) is 0 Å². The Labute approximate surface area is 336 Å². The zero-order valence-electron chi connectivity index (χ0n) is 32.5. The molecule has 0 spiro atoms. The highest BCUT2D eigenvalue weighted by Gasteiger charge is 2.46. The van der Waals surface area contributed by atoms with Crippen molar-refractivity contribution in [2.24, 2.45) is 0 Å². The molecule has 0 saturated carbocycles. The lowest BCUT2D eigenvalue weighted by atomic mass is 10.1. The highest BCUT2D eigenvalue weighted by molar-refractivity contribution is 5.17. The van der Waals surface area contributed by atoms with Crippen molar-refractivity contribution in [2.45, 2.75) is 82.9 Å². The number of hydrogen-bond acceptors (Lipinski definition) is 9. The third kappa shape index (κ3) is 13.7. The van der Waals surface area contributed by atoms with Crippen LogP contribution in [0.4, 0.5) is 0 Å². The Bertz CT molecular complexity index is 1810. The maximum Gasteiger partial charge on any atom is 0.187 e. The lowest BCUT2D eigenvalue weighted by Gasteiger charge is -2.34. The molecule has 0 unspecified atom stereocenters. The first kappa shape index (κ1) is 41.9. The molecule has 0 aliphatic carbocycles. The second-order valence-corrected chi connectivity index (χ2v) is 13.9. The maximum absolute atomic E-state index is 11.6. The minimum Gasteiger partial charge on any atom is -0.499 e. The van der Waals surface area contributed by atoms with Crippen molar-refractivity contribution < 1.29 is 43.0 Å². The van der Waals surface area contributed by atoms with Crippen LogP contribution in [0, 0.1) is 0 Å². The van der Waals surface area contributed by atoms with Gasteiger partial charge in [0, 0.05) is 0 Å². The first-order valence-corrected chi connectivity index (χ1v) is 19.6. The number of aliphatic hydroxyl groups excluding tert-OH is 1. The van der Waals surface area contributed by atoms with Crippen LogP contribution in [0.3, 0.4) is 0 Å². The topological polar surface area (TPSA) is 94.1 Å². The molecule has 9 heteroatoms. The summed E-state index contributed by atoms with van der Waals surface area (Å²) in [5.41, 5.74) is 4.99. The normalized spacial score (nSPS) is 19.7. The van der Waals surface area contributed by atoms with E-state index in [0.717, 1.165) is 27.8 Å². The van der Waals surface area contributed by atoms with Crippen LogP contribution in [0.15, 0.2) is 164 Å². The van der Waals surface area contributed by atoms with E-state index in [1.54, 1.807) is 6.26 Å². The van der Waals surface area contributed by atoms with Crippen LogP contribution in [-0.2, 0) is 70.9 Å². The Morgan fingerprint density at radius 3 is 1.47 bits per heavy atom. The van der Waals surface area contributed by atoms with Crippen molar-refractivity contribution in [3.8, 4) is 0 Å². The van der Waals surface area contributed by atoms with Crippen LogP contribution in [0.25, 0.3) is 0 Å². The van der Waals surface area contributed by atoms with Gasteiger partial charge in [-0.1, -0.05) is 158 Å². The van der Waals surface area contributed by atoms with Crippen molar-refractivity contribution in [1.29, 1.82) is 0 Å². The van der Waals surface area contributed by atoms with Gasteiger partial charge in [0.2, 0.25) is 0 Å². The second-order valence-electron chi connectivity index (χ2n) is 13.9. The predicted octanol–water partition coefficient (Wildman–Crippen LogP) is 8.20. The Morgan fingerprint density at radius 2 is 0.982 bits per heavy atom. The second kappa shape index (κ2) is 23.5. The molecule has 0 amide bonds. The molecule has 1 aliphatic heterocycles. The van der Waals surface area contributed by atoms with Crippen molar-refractivity contribution >= 4 is 0 Å².